The molecule has 9 heteroatoms. The van der Waals surface area contributed by atoms with E-state index in [4.69, 9.17) is 9.47 Å². The molecule has 1 aromatic carbocycles. The minimum atomic E-state index is -0.641. The van der Waals surface area contributed by atoms with E-state index in [9.17, 15) is 9.59 Å². The molecule has 2 atom stereocenters. The third-order valence-electron chi connectivity index (χ3n) is 8.25. The summed E-state index contributed by atoms with van der Waals surface area (Å²) in [4.78, 5) is 32.5. The zero-order chi connectivity index (χ0) is 24.4. The number of carbonyl (C=O) groups excluding carboxylic acids is 2. The van der Waals surface area contributed by atoms with E-state index < -0.39 is 17.2 Å². The van der Waals surface area contributed by atoms with Gasteiger partial charge in [0.1, 0.15) is 17.0 Å². The van der Waals surface area contributed by atoms with Gasteiger partial charge in [-0.05, 0) is 51.2 Å². The Labute approximate surface area is 203 Å². The molecule has 4 aliphatic heterocycles. The highest BCUT2D eigenvalue weighted by Crippen LogP contribution is 2.61. The normalized spacial score (nSPS) is 29.9. The van der Waals surface area contributed by atoms with Crippen molar-refractivity contribution in [3.63, 3.8) is 0 Å². The molecular formula is C26H31FN4O4. The van der Waals surface area contributed by atoms with E-state index in [1.165, 1.54) is 4.90 Å². The lowest BCUT2D eigenvalue weighted by Gasteiger charge is -2.36. The highest BCUT2D eigenvalue weighted by Gasteiger charge is 2.70. The second kappa shape index (κ2) is 8.21. The number of aromatic nitrogens is 1. The van der Waals surface area contributed by atoms with Crippen LogP contribution in [0.1, 0.15) is 43.9 Å². The summed E-state index contributed by atoms with van der Waals surface area (Å²) in [6, 6.07) is 4.84. The van der Waals surface area contributed by atoms with Crippen molar-refractivity contribution in [3.05, 3.63) is 35.3 Å². The number of pyridine rings is 1. The average molecular weight is 483 g/mol. The van der Waals surface area contributed by atoms with Gasteiger partial charge in [-0.2, -0.15) is 0 Å². The van der Waals surface area contributed by atoms with Gasteiger partial charge in [0.05, 0.1) is 16.9 Å². The Hall–Kier alpha value is -2.62. The number of urea groups is 1. The summed E-state index contributed by atoms with van der Waals surface area (Å²) in [5.41, 5.74) is 1.16. The summed E-state index contributed by atoms with van der Waals surface area (Å²) in [5.74, 6) is -0.00378. The lowest BCUT2D eigenvalue weighted by atomic mass is 9.80. The maximum Gasteiger partial charge on any atom is 0.328 e. The fourth-order valence-electron chi connectivity index (χ4n) is 6.26. The first-order valence-electron chi connectivity index (χ1n) is 12.5. The molecule has 6 rings (SSSR count). The molecule has 0 radical (unpaired) electrons. The third kappa shape index (κ3) is 3.72. The number of nitrogens with zero attached hydrogens (tertiary/aromatic N) is 3. The van der Waals surface area contributed by atoms with Crippen LogP contribution >= 0.6 is 0 Å². The summed E-state index contributed by atoms with van der Waals surface area (Å²) >= 11 is 0. The van der Waals surface area contributed by atoms with Crippen molar-refractivity contribution in [1.29, 1.82) is 0 Å². The van der Waals surface area contributed by atoms with Gasteiger partial charge < -0.3 is 9.47 Å². The van der Waals surface area contributed by atoms with Crippen molar-refractivity contribution in [2.75, 3.05) is 44.3 Å². The molecule has 35 heavy (non-hydrogen) atoms. The molecule has 1 aromatic heterocycles. The topological polar surface area (TPSA) is 87.3 Å². The van der Waals surface area contributed by atoms with E-state index in [-0.39, 0.29) is 24.7 Å². The molecule has 186 valence electrons. The average Bonchev–Trinajstić information content (AvgIpc) is 3.46. The zero-order valence-electron chi connectivity index (χ0n) is 20.2. The molecule has 2 unspecified atom stereocenters. The van der Waals surface area contributed by atoms with Gasteiger partial charge in [-0.3, -0.25) is 24.9 Å². The van der Waals surface area contributed by atoms with Gasteiger partial charge in [0.2, 0.25) is 5.91 Å². The van der Waals surface area contributed by atoms with Crippen molar-refractivity contribution in [1.82, 2.24) is 15.2 Å². The second-order valence-corrected chi connectivity index (χ2v) is 10.5. The highest BCUT2D eigenvalue weighted by molar-refractivity contribution is 6.06. The molecule has 8 nitrogen and oxygen atoms in total. The molecule has 0 saturated carbocycles. The molecule has 0 aliphatic carbocycles. The number of fused-ring (bicyclic) bond motifs is 2. The zero-order valence-corrected chi connectivity index (χ0v) is 20.2. The van der Waals surface area contributed by atoms with Crippen LogP contribution in [-0.2, 0) is 19.9 Å². The van der Waals surface area contributed by atoms with Crippen LogP contribution < -0.4 is 10.2 Å². The number of imide groups is 1. The van der Waals surface area contributed by atoms with Crippen LogP contribution in [0.15, 0.2) is 18.2 Å². The molecule has 4 fully saturated rings. The van der Waals surface area contributed by atoms with Crippen LogP contribution in [0.5, 0.6) is 0 Å². The second-order valence-electron chi connectivity index (χ2n) is 10.5. The Morgan fingerprint density at radius 2 is 2.03 bits per heavy atom. The number of benzene rings is 1. The van der Waals surface area contributed by atoms with Gasteiger partial charge in [0.15, 0.2) is 0 Å². The Balaban J connectivity index is 1.29. The minimum Gasteiger partial charge on any atom is -0.381 e. The number of anilines is 1. The van der Waals surface area contributed by atoms with Crippen LogP contribution in [0, 0.1) is 18.7 Å². The van der Waals surface area contributed by atoms with Crippen molar-refractivity contribution in [3.8, 4) is 0 Å². The molecule has 2 aromatic rings. The Morgan fingerprint density at radius 1 is 1.23 bits per heavy atom. The van der Waals surface area contributed by atoms with Crippen molar-refractivity contribution >= 4 is 28.5 Å². The van der Waals surface area contributed by atoms with Gasteiger partial charge in [-0.25, -0.2) is 9.18 Å². The fourth-order valence-corrected chi connectivity index (χ4v) is 6.26. The summed E-state index contributed by atoms with van der Waals surface area (Å²) in [5, 5.41) is 2.69. The lowest BCUT2D eigenvalue weighted by Crippen LogP contribution is -2.49. The molecular weight excluding hydrogens is 451 g/mol. The number of epoxide rings is 1. The first-order valence-corrected chi connectivity index (χ1v) is 12.5. The highest BCUT2D eigenvalue weighted by atomic mass is 19.1. The van der Waals surface area contributed by atoms with Crippen LogP contribution in [0.25, 0.3) is 10.9 Å². The van der Waals surface area contributed by atoms with E-state index in [0.29, 0.717) is 33.8 Å². The van der Waals surface area contributed by atoms with Gasteiger partial charge in [-0.1, -0.05) is 6.07 Å². The van der Waals surface area contributed by atoms with Gasteiger partial charge in [0, 0.05) is 56.8 Å². The smallest absolute Gasteiger partial charge is 0.328 e. The van der Waals surface area contributed by atoms with Gasteiger partial charge in [0.25, 0.3) is 0 Å². The number of carbonyl (C=O) groups is 2. The number of amides is 3. The molecule has 4 saturated heterocycles. The first-order chi connectivity index (χ1) is 16.8. The predicted octanol–water partition coefficient (Wildman–Crippen LogP) is 3.25. The fraction of sp³-hybridized carbons (Fsp3) is 0.577. The summed E-state index contributed by atoms with van der Waals surface area (Å²) in [6.07, 6.45) is 3.12. The summed E-state index contributed by atoms with van der Waals surface area (Å²) in [6.45, 7) is 8.47. The maximum atomic E-state index is 16.1. The van der Waals surface area contributed by atoms with Crippen LogP contribution in [0.3, 0.4) is 0 Å². The number of nitrogens with one attached hydrogen (secondary N) is 1. The number of likely N-dealkylation sites (tertiary alicyclic amines) is 1. The first kappa shape index (κ1) is 22.8. The predicted molar refractivity (Wildman–Crippen MR) is 128 cm³/mol. The van der Waals surface area contributed by atoms with E-state index in [1.54, 1.807) is 13.0 Å². The number of piperidine rings is 1. The summed E-state index contributed by atoms with van der Waals surface area (Å²) < 4.78 is 27.9. The number of hydrogen-bond donors (Lipinski definition) is 1. The molecule has 1 N–H and O–H groups in total. The number of ether oxygens (including phenoxy) is 2. The molecule has 3 amide bonds. The Bertz CT molecular complexity index is 1220. The Kier molecular flexibility index (Phi) is 5.36. The van der Waals surface area contributed by atoms with E-state index >= 15 is 4.39 Å². The number of aryl methyl sites for hydroxylation is 1. The molecule has 0 bridgehead atoms. The van der Waals surface area contributed by atoms with E-state index in [2.05, 4.69) is 22.1 Å². The number of rotatable bonds is 4. The largest absolute Gasteiger partial charge is 0.381 e. The molecule has 5 heterocycles. The maximum absolute atomic E-state index is 16.1. The third-order valence-corrected chi connectivity index (χ3v) is 8.25. The number of halogens is 1. The SMILES string of the molecule is Cc1nc2ccc(C34CCN(CC5CCOCC5)CC3(C)O4)c(F)c2cc1N1CCC(=O)NC1=O. The quantitative estimate of drug-likeness (QED) is 0.674. The lowest BCUT2D eigenvalue weighted by molar-refractivity contribution is -0.120. The van der Waals surface area contributed by atoms with Crippen molar-refractivity contribution in [2.24, 2.45) is 5.92 Å². The van der Waals surface area contributed by atoms with E-state index in [1.807, 2.05) is 12.1 Å². The van der Waals surface area contributed by atoms with E-state index in [0.717, 1.165) is 52.1 Å². The van der Waals surface area contributed by atoms with Crippen molar-refractivity contribution in [2.45, 2.75) is 50.7 Å². The van der Waals surface area contributed by atoms with Crippen LogP contribution in [0.4, 0.5) is 14.9 Å². The standard InChI is InChI=1S/C26H31FN4O4/c1-16-21(31-9-5-22(32)29-24(31)33)13-18-20(28-16)4-3-19(23(18)27)26-8-10-30(15-25(26,2)35-26)14-17-6-11-34-12-7-17/h3-4,13,17H,5-12,14-15H2,1-2H3,(H,29,32,33). The van der Waals surface area contributed by atoms with Crippen LogP contribution in [-0.4, -0.2) is 66.8 Å². The molecule has 4 aliphatic rings. The Morgan fingerprint density at radius 3 is 2.77 bits per heavy atom. The monoisotopic (exact) mass is 482 g/mol. The van der Waals surface area contributed by atoms with Crippen molar-refractivity contribution < 1.29 is 23.5 Å². The molecule has 0 spiro atoms. The van der Waals surface area contributed by atoms with Crippen LogP contribution in [0.2, 0.25) is 0 Å². The minimum absolute atomic E-state index is 0.200. The number of hydrogen-bond acceptors (Lipinski definition) is 6. The summed E-state index contributed by atoms with van der Waals surface area (Å²) in [7, 11) is 0. The van der Waals surface area contributed by atoms with Gasteiger partial charge >= 0.3 is 6.03 Å². The van der Waals surface area contributed by atoms with Gasteiger partial charge in [-0.15, -0.1) is 0 Å².